The van der Waals surface area contributed by atoms with Crippen molar-refractivity contribution in [3.63, 3.8) is 0 Å². The molecule has 3 N–H and O–H groups in total. The second kappa shape index (κ2) is 12.1. The fourth-order valence-corrected chi connectivity index (χ4v) is 3.73. The molecule has 29 heavy (non-hydrogen) atoms. The predicted molar refractivity (Wildman–Crippen MR) is 118 cm³/mol. The van der Waals surface area contributed by atoms with Crippen molar-refractivity contribution in [2.75, 3.05) is 23.9 Å². The van der Waals surface area contributed by atoms with Gasteiger partial charge in [0.25, 0.3) is 5.91 Å². The second-order valence-electron chi connectivity index (χ2n) is 6.43. The number of nitrogens with one attached hydrogen (secondary N) is 1. The lowest BCUT2D eigenvalue weighted by Gasteiger charge is -2.26. The van der Waals surface area contributed by atoms with E-state index in [1.165, 1.54) is 4.31 Å². The Balaban J connectivity index is 1.98. The van der Waals surface area contributed by atoms with Crippen LogP contribution in [0.25, 0.3) is 0 Å². The van der Waals surface area contributed by atoms with Crippen LogP contribution in [0.4, 0.5) is 5.69 Å². The number of benzene rings is 2. The molecule has 0 aliphatic rings. The van der Waals surface area contributed by atoms with Gasteiger partial charge in [-0.05, 0) is 61.7 Å². The minimum atomic E-state index is -2.47. The Bertz CT molecular complexity index is 834. The van der Waals surface area contributed by atoms with E-state index in [0.29, 0.717) is 40.8 Å². The van der Waals surface area contributed by atoms with Gasteiger partial charge in [-0.2, -0.15) is 0 Å². The van der Waals surface area contributed by atoms with Crippen LogP contribution >= 0.6 is 23.2 Å². The molecule has 2 aromatic rings. The molecule has 9 heteroatoms. The van der Waals surface area contributed by atoms with E-state index in [1.54, 1.807) is 42.5 Å². The van der Waals surface area contributed by atoms with E-state index in [4.69, 9.17) is 28.9 Å². The van der Waals surface area contributed by atoms with Gasteiger partial charge in [-0.1, -0.05) is 41.8 Å². The molecule has 0 fully saturated rings. The number of amides is 1. The molecule has 0 saturated carbocycles. The first-order valence-corrected chi connectivity index (χ1v) is 11.1. The number of carbonyl (C=O) groups is 1. The Kier molecular flexibility index (Phi) is 9.90. The van der Waals surface area contributed by atoms with Crippen molar-refractivity contribution in [1.29, 1.82) is 0 Å². The van der Waals surface area contributed by atoms with E-state index < -0.39 is 11.3 Å². The van der Waals surface area contributed by atoms with Crippen LogP contribution in [-0.2, 0) is 17.7 Å². The van der Waals surface area contributed by atoms with Crippen LogP contribution in [0.3, 0.4) is 0 Å². The van der Waals surface area contributed by atoms with Gasteiger partial charge < -0.3 is 19.9 Å². The highest BCUT2D eigenvalue weighted by molar-refractivity contribution is 7.80. The zero-order valence-corrected chi connectivity index (χ0v) is 18.2. The third-order valence-electron chi connectivity index (χ3n) is 4.38. The number of anilines is 1. The summed E-state index contributed by atoms with van der Waals surface area (Å²) >= 11 is 9.71. The maximum atomic E-state index is 12.2. The number of nitrogens with two attached hydrogens (primary N) is 1. The van der Waals surface area contributed by atoms with Crippen LogP contribution in [0.5, 0.6) is 0 Å². The quantitative estimate of drug-likeness (QED) is 0.397. The summed E-state index contributed by atoms with van der Waals surface area (Å²) in [6.45, 7) is 1.43. The average Bonchev–Trinajstić information content (AvgIpc) is 2.71. The predicted octanol–water partition coefficient (Wildman–Crippen LogP) is 3.70. The topological polar surface area (TPSA) is 98.5 Å². The maximum Gasteiger partial charge on any atom is 0.251 e. The highest BCUT2D eigenvalue weighted by atomic mass is 35.5. The molecule has 1 unspecified atom stereocenters. The van der Waals surface area contributed by atoms with Crippen LogP contribution < -0.4 is 15.4 Å². The second-order valence-corrected chi connectivity index (χ2v) is 8.09. The fourth-order valence-electron chi connectivity index (χ4n) is 2.78. The largest absolute Gasteiger partial charge is 0.755 e. The third-order valence-corrected chi connectivity index (χ3v) is 5.99. The molecule has 0 bridgehead atoms. The van der Waals surface area contributed by atoms with E-state index in [0.717, 1.165) is 24.8 Å². The minimum Gasteiger partial charge on any atom is -0.755 e. The van der Waals surface area contributed by atoms with Gasteiger partial charge in [-0.3, -0.25) is 9.00 Å². The molecule has 2 rings (SSSR count). The molecule has 0 aliphatic carbocycles. The Morgan fingerprint density at radius 3 is 2.48 bits per heavy atom. The van der Waals surface area contributed by atoms with Crippen LogP contribution in [-0.4, -0.2) is 34.3 Å². The number of nitrogens with zero attached hydrogens (tertiary/aromatic N) is 1. The summed E-state index contributed by atoms with van der Waals surface area (Å²) in [6, 6.07) is 11.7. The highest BCUT2D eigenvalue weighted by Crippen LogP contribution is 2.26. The van der Waals surface area contributed by atoms with E-state index in [2.05, 4.69) is 5.32 Å². The minimum absolute atomic E-state index is 0.190. The van der Waals surface area contributed by atoms with E-state index in [1.807, 2.05) is 0 Å². The molecular weight excluding hydrogens is 433 g/mol. The van der Waals surface area contributed by atoms with Gasteiger partial charge in [0.05, 0.1) is 10.0 Å². The lowest BCUT2D eigenvalue weighted by atomic mass is 10.1. The summed E-state index contributed by atoms with van der Waals surface area (Å²) in [5, 5.41) is 3.69. The molecular formula is C20H24Cl2N3O3S-. The first-order valence-electron chi connectivity index (χ1n) is 9.32. The molecule has 0 saturated heterocycles. The summed E-state index contributed by atoms with van der Waals surface area (Å²) in [5.41, 5.74) is 7.15. The van der Waals surface area contributed by atoms with Crippen molar-refractivity contribution in [2.24, 2.45) is 5.73 Å². The molecule has 0 heterocycles. The van der Waals surface area contributed by atoms with Crippen LogP contribution in [0.15, 0.2) is 42.5 Å². The molecule has 0 spiro atoms. The molecule has 1 amide bonds. The number of carbonyl (C=O) groups excluding carboxylic acids is 1. The van der Waals surface area contributed by atoms with Gasteiger partial charge in [0, 0.05) is 35.6 Å². The summed E-state index contributed by atoms with van der Waals surface area (Å²) in [7, 11) is 0. The number of unbranched alkanes of at least 4 members (excludes halogenated alkanes) is 2. The molecule has 158 valence electrons. The number of hydrogen-bond acceptors (Lipinski definition) is 4. The summed E-state index contributed by atoms with van der Waals surface area (Å²) in [5.74, 6) is -0.190. The molecule has 6 nitrogen and oxygen atoms in total. The lowest BCUT2D eigenvalue weighted by Crippen LogP contribution is -2.28. The Morgan fingerprint density at radius 2 is 1.83 bits per heavy atom. The summed E-state index contributed by atoms with van der Waals surface area (Å²) in [6.07, 6.45) is 3.18. The SMILES string of the molecule is NCCCCCNC(=O)c1ccc(N(CCc2cccc(Cl)c2Cl)S(=O)[O-])cc1. The van der Waals surface area contributed by atoms with Gasteiger partial charge in [-0.25, -0.2) is 0 Å². The molecule has 0 aromatic heterocycles. The third kappa shape index (κ3) is 7.28. The van der Waals surface area contributed by atoms with Gasteiger partial charge in [0.2, 0.25) is 0 Å². The Labute approximate surface area is 183 Å². The number of hydrogen-bond donors (Lipinski definition) is 2. The summed E-state index contributed by atoms with van der Waals surface area (Å²) in [4.78, 5) is 12.2. The van der Waals surface area contributed by atoms with Crippen LogP contribution in [0.2, 0.25) is 10.0 Å². The van der Waals surface area contributed by atoms with E-state index in [9.17, 15) is 13.6 Å². The Morgan fingerprint density at radius 1 is 1.10 bits per heavy atom. The number of rotatable bonds is 11. The van der Waals surface area contributed by atoms with Gasteiger partial charge >= 0.3 is 0 Å². The summed E-state index contributed by atoms with van der Waals surface area (Å²) < 4.78 is 24.6. The van der Waals surface area contributed by atoms with Gasteiger partial charge in [0.1, 0.15) is 0 Å². The standard InChI is InChI=1S/C20H25Cl2N3O3S/c21-18-6-4-5-15(19(18)22)11-14-25(29(27)28)17-9-7-16(8-10-17)20(26)24-13-3-1-2-12-23/h4-10H,1-3,11-14,23H2,(H,24,26)(H,27,28)/p-1. The molecule has 2 aromatic carbocycles. The fraction of sp³-hybridized carbons (Fsp3) is 0.350. The molecule has 1 atom stereocenters. The van der Waals surface area contributed by atoms with Crippen molar-refractivity contribution >= 4 is 46.1 Å². The smallest absolute Gasteiger partial charge is 0.251 e. The number of halogens is 2. The normalized spacial score (nSPS) is 11.9. The van der Waals surface area contributed by atoms with E-state index in [-0.39, 0.29) is 12.5 Å². The van der Waals surface area contributed by atoms with Crippen molar-refractivity contribution in [2.45, 2.75) is 25.7 Å². The zero-order chi connectivity index (χ0) is 21.2. The first-order chi connectivity index (χ1) is 13.9. The zero-order valence-electron chi connectivity index (χ0n) is 15.9. The lowest BCUT2D eigenvalue weighted by molar-refractivity contribution is 0.0953. The van der Waals surface area contributed by atoms with Crippen LogP contribution in [0, 0.1) is 0 Å². The van der Waals surface area contributed by atoms with Gasteiger partial charge in [-0.15, -0.1) is 0 Å². The Hall–Kier alpha value is -1.64. The van der Waals surface area contributed by atoms with Crippen molar-refractivity contribution in [3.8, 4) is 0 Å². The molecule has 0 aliphatic heterocycles. The van der Waals surface area contributed by atoms with E-state index >= 15 is 0 Å². The monoisotopic (exact) mass is 456 g/mol. The van der Waals surface area contributed by atoms with Crippen molar-refractivity contribution in [3.05, 3.63) is 63.6 Å². The maximum absolute atomic E-state index is 12.2. The average molecular weight is 457 g/mol. The van der Waals surface area contributed by atoms with Gasteiger partial charge in [0.15, 0.2) is 0 Å². The first kappa shape index (κ1) is 23.6. The highest BCUT2D eigenvalue weighted by Gasteiger charge is 2.12. The van der Waals surface area contributed by atoms with Crippen molar-refractivity contribution in [1.82, 2.24) is 5.32 Å². The molecule has 0 radical (unpaired) electrons. The van der Waals surface area contributed by atoms with Crippen molar-refractivity contribution < 1.29 is 13.6 Å². The van der Waals surface area contributed by atoms with Crippen LogP contribution in [0.1, 0.15) is 35.2 Å².